The predicted molar refractivity (Wildman–Crippen MR) is 88.5 cm³/mol. The van der Waals surface area contributed by atoms with Crippen LogP contribution in [0.5, 0.6) is 0 Å². The molecule has 0 spiro atoms. The van der Waals surface area contributed by atoms with Gasteiger partial charge in [-0.15, -0.1) is 0 Å². The minimum Gasteiger partial charge on any atom is -0.478 e. The molecule has 0 aliphatic carbocycles. The number of rotatable bonds is 11. The van der Waals surface area contributed by atoms with Crippen molar-refractivity contribution in [2.45, 2.75) is 90.5 Å². The monoisotopic (exact) mass is 279 g/mol. The molecule has 1 aliphatic heterocycles. The van der Waals surface area contributed by atoms with Gasteiger partial charge in [0.1, 0.15) is 6.61 Å². The second kappa shape index (κ2) is 10.0. The molecular weight excluding hydrogens is 246 g/mol. The first-order valence-corrected chi connectivity index (χ1v) is 8.50. The van der Waals surface area contributed by atoms with Gasteiger partial charge in [-0.25, -0.2) is 4.99 Å². The average Bonchev–Trinajstić information content (AvgIpc) is 2.75. The lowest BCUT2D eigenvalue weighted by Gasteiger charge is -2.07. The first-order chi connectivity index (χ1) is 9.64. The van der Waals surface area contributed by atoms with Gasteiger partial charge in [-0.1, -0.05) is 51.2 Å². The topological polar surface area (TPSA) is 21.6 Å². The maximum atomic E-state index is 5.60. The maximum Gasteiger partial charge on any atom is 0.183 e. The average molecular weight is 279 g/mol. The van der Waals surface area contributed by atoms with Crippen molar-refractivity contribution in [3.05, 3.63) is 12.2 Å². The Morgan fingerprint density at radius 1 is 1.00 bits per heavy atom. The molecule has 1 rings (SSSR count). The molecule has 1 heterocycles. The van der Waals surface area contributed by atoms with Crippen molar-refractivity contribution in [1.82, 2.24) is 0 Å². The summed E-state index contributed by atoms with van der Waals surface area (Å²) in [5.74, 6) is 0.980. The van der Waals surface area contributed by atoms with Crippen LogP contribution < -0.4 is 0 Å². The summed E-state index contributed by atoms with van der Waals surface area (Å²) in [5, 5.41) is 0. The fourth-order valence-electron chi connectivity index (χ4n) is 2.42. The minimum atomic E-state index is 0.0133. The Hall–Kier alpha value is -0.790. The third kappa shape index (κ3) is 8.39. The highest BCUT2D eigenvalue weighted by molar-refractivity contribution is 5.78. The zero-order chi connectivity index (χ0) is 14.7. The van der Waals surface area contributed by atoms with Crippen molar-refractivity contribution in [2.75, 3.05) is 6.61 Å². The maximum absolute atomic E-state index is 5.60. The number of allylic oxidation sites excluding steroid dienone is 2. The predicted octanol–water partition coefficient (Wildman–Crippen LogP) is 5.67. The number of ether oxygens (including phenoxy) is 1. The third-order valence-electron chi connectivity index (χ3n) is 3.67. The summed E-state index contributed by atoms with van der Waals surface area (Å²) in [6, 6.07) is 0. The van der Waals surface area contributed by atoms with Crippen LogP contribution in [0.2, 0.25) is 0 Å². The first kappa shape index (κ1) is 17.3. The summed E-state index contributed by atoms with van der Waals surface area (Å²) < 4.78 is 5.60. The normalized spacial score (nSPS) is 17.4. The smallest absolute Gasteiger partial charge is 0.183 e. The first-order valence-electron chi connectivity index (χ1n) is 8.50. The van der Waals surface area contributed by atoms with Gasteiger partial charge >= 0.3 is 0 Å². The Kier molecular flexibility index (Phi) is 8.64. The molecule has 1 aliphatic rings. The molecule has 20 heavy (non-hydrogen) atoms. The van der Waals surface area contributed by atoms with Crippen LogP contribution in [-0.2, 0) is 4.74 Å². The Labute approximate surface area is 125 Å². The molecule has 0 fully saturated rings. The van der Waals surface area contributed by atoms with Gasteiger partial charge in [-0.3, -0.25) is 0 Å². The van der Waals surface area contributed by atoms with Gasteiger partial charge in [-0.05, 0) is 39.5 Å². The molecule has 2 nitrogen and oxygen atoms in total. The Bertz CT molecular complexity index is 305. The van der Waals surface area contributed by atoms with Crippen LogP contribution in [0.1, 0.15) is 85.0 Å². The Balaban J connectivity index is 1.87. The quantitative estimate of drug-likeness (QED) is 0.352. The van der Waals surface area contributed by atoms with E-state index in [0.717, 1.165) is 18.9 Å². The van der Waals surface area contributed by atoms with Crippen LogP contribution >= 0.6 is 0 Å². The number of hydrogen-bond donors (Lipinski definition) is 0. The van der Waals surface area contributed by atoms with Gasteiger partial charge in [0.15, 0.2) is 5.90 Å². The third-order valence-corrected chi connectivity index (χ3v) is 3.67. The lowest BCUT2D eigenvalue weighted by Crippen LogP contribution is -2.17. The molecule has 0 aromatic rings. The van der Waals surface area contributed by atoms with Crippen LogP contribution in [0.3, 0.4) is 0 Å². The van der Waals surface area contributed by atoms with Crippen LogP contribution in [-0.4, -0.2) is 18.0 Å². The van der Waals surface area contributed by atoms with Crippen LogP contribution in [0.4, 0.5) is 0 Å². The molecule has 0 saturated heterocycles. The summed E-state index contributed by atoms with van der Waals surface area (Å²) in [6.07, 6.45) is 17.5. The van der Waals surface area contributed by atoms with Crippen LogP contribution in [0.25, 0.3) is 0 Å². The summed E-state index contributed by atoms with van der Waals surface area (Å²) in [5.41, 5.74) is 0.0133. The van der Waals surface area contributed by atoms with Gasteiger partial charge in [-0.2, -0.15) is 0 Å². The second-order valence-corrected chi connectivity index (χ2v) is 6.53. The summed E-state index contributed by atoms with van der Waals surface area (Å²) in [4.78, 5) is 4.59. The number of hydrogen-bond acceptors (Lipinski definition) is 2. The van der Waals surface area contributed by atoms with Crippen LogP contribution in [0, 0.1) is 0 Å². The van der Waals surface area contributed by atoms with E-state index >= 15 is 0 Å². The van der Waals surface area contributed by atoms with E-state index in [1.807, 2.05) is 0 Å². The van der Waals surface area contributed by atoms with E-state index in [1.54, 1.807) is 0 Å². The highest BCUT2D eigenvalue weighted by Crippen LogP contribution is 2.19. The zero-order valence-corrected chi connectivity index (χ0v) is 13.8. The molecule has 0 aromatic heterocycles. The number of nitrogens with zero attached hydrogens (tertiary/aromatic N) is 1. The zero-order valence-electron chi connectivity index (χ0n) is 13.8. The van der Waals surface area contributed by atoms with E-state index in [4.69, 9.17) is 4.74 Å². The molecule has 0 bridgehead atoms. The lowest BCUT2D eigenvalue weighted by molar-refractivity contribution is 0.273. The molecule has 0 amide bonds. The largest absolute Gasteiger partial charge is 0.478 e. The van der Waals surface area contributed by atoms with Crippen molar-refractivity contribution in [1.29, 1.82) is 0 Å². The SMILES string of the molecule is CCCC/C=C\CCCCCCCC1=NC(C)(C)CO1. The van der Waals surface area contributed by atoms with Gasteiger partial charge in [0, 0.05) is 6.42 Å². The molecule has 0 aromatic carbocycles. The fraction of sp³-hybridized carbons (Fsp3) is 0.833. The highest BCUT2D eigenvalue weighted by Gasteiger charge is 2.25. The fourth-order valence-corrected chi connectivity index (χ4v) is 2.42. The Morgan fingerprint density at radius 2 is 1.65 bits per heavy atom. The molecule has 0 atom stereocenters. The van der Waals surface area contributed by atoms with E-state index in [-0.39, 0.29) is 5.54 Å². The molecule has 0 unspecified atom stereocenters. The van der Waals surface area contributed by atoms with Crippen LogP contribution in [0.15, 0.2) is 17.1 Å². The minimum absolute atomic E-state index is 0.0133. The number of aliphatic imine (C=N–C) groups is 1. The molecular formula is C18H33NO. The van der Waals surface area contributed by atoms with E-state index in [9.17, 15) is 0 Å². The van der Waals surface area contributed by atoms with Gasteiger partial charge < -0.3 is 4.74 Å². The van der Waals surface area contributed by atoms with Crippen molar-refractivity contribution in [3.63, 3.8) is 0 Å². The number of unbranched alkanes of at least 4 members (excludes halogenated alkanes) is 7. The van der Waals surface area contributed by atoms with Crippen molar-refractivity contribution >= 4 is 5.90 Å². The summed E-state index contributed by atoms with van der Waals surface area (Å²) in [7, 11) is 0. The molecule has 0 saturated carbocycles. The van der Waals surface area contributed by atoms with Crippen molar-refractivity contribution in [3.8, 4) is 0 Å². The van der Waals surface area contributed by atoms with Gasteiger partial charge in [0.05, 0.1) is 5.54 Å². The second-order valence-electron chi connectivity index (χ2n) is 6.53. The summed E-state index contributed by atoms with van der Waals surface area (Å²) in [6.45, 7) is 7.27. The van der Waals surface area contributed by atoms with E-state index < -0.39 is 0 Å². The van der Waals surface area contributed by atoms with Crippen molar-refractivity contribution < 1.29 is 4.74 Å². The molecule has 0 radical (unpaired) electrons. The molecule has 116 valence electrons. The molecule has 2 heteroatoms. The van der Waals surface area contributed by atoms with E-state index in [0.29, 0.717) is 0 Å². The van der Waals surface area contributed by atoms with Crippen molar-refractivity contribution in [2.24, 2.45) is 4.99 Å². The summed E-state index contributed by atoms with van der Waals surface area (Å²) >= 11 is 0. The lowest BCUT2D eigenvalue weighted by atomic mass is 10.1. The van der Waals surface area contributed by atoms with E-state index in [2.05, 4.69) is 37.9 Å². The van der Waals surface area contributed by atoms with E-state index in [1.165, 1.54) is 57.8 Å². The highest BCUT2D eigenvalue weighted by atomic mass is 16.5. The van der Waals surface area contributed by atoms with Gasteiger partial charge in [0.25, 0.3) is 0 Å². The standard InChI is InChI=1S/C18H33NO/c1-4-5-6-7-8-9-10-11-12-13-14-15-17-19-18(2,3)16-20-17/h7-8H,4-6,9-16H2,1-3H3/b8-7-. The molecule has 0 N–H and O–H groups in total. The Morgan fingerprint density at radius 3 is 2.30 bits per heavy atom. The van der Waals surface area contributed by atoms with Gasteiger partial charge in [0.2, 0.25) is 0 Å².